The van der Waals surface area contributed by atoms with Crippen molar-refractivity contribution in [2.75, 3.05) is 10.6 Å². The summed E-state index contributed by atoms with van der Waals surface area (Å²) in [4.78, 5) is 4.50. The SMILES string of the molecule is [2H]C(Nc1cc(Cl)c2ncc(C#N)c(N[C@H](CCC#N)c3ccccc3)c2c1)(C1=CN(C2CC2)NN1)c1cccc(C#N)c1C. The molecule has 218 valence electrons. The van der Waals surface area contributed by atoms with Crippen molar-refractivity contribution in [3.63, 3.8) is 0 Å². The van der Waals surface area contributed by atoms with E-state index in [0.29, 0.717) is 74.1 Å². The largest absolute Gasteiger partial charge is 0.377 e. The molecular weight excluding hydrogens is 570 g/mol. The predicted molar refractivity (Wildman–Crippen MR) is 171 cm³/mol. The van der Waals surface area contributed by atoms with Gasteiger partial charge in [0.25, 0.3) is 0 Å². The van der Waals surface area contributed by atoms with Gasteiger partial charge in [0.2, 0.25) is 0 Å². The summed E-state index contributed by atoms with van der Waals surface area (Å²) in [7, 11) is 0. The lowest BCUT2D eigenvalue weighted by molar-refractivity contribution is 0.260. The summed E-state index contributed by atoms with van der Waals surface area (Å²) in [6, 6.07) is 23.9. The van der Waals surface area contributed by atoms with E-state index in [1.807, 2.05) is 60.6 Å². The number of rotatable bonds is 10. The third-order valence-corrected chi connectivity index (χ3v) is 8.19. The third kappa shape index (κ3) is 5.82. The molecule has 2 atom stereocenters. The molecule has 44 heavy (non-hydrogen) atoms. The molecule has 0 bridgehead atoms. The number of hydrazine groups is 2. The van der Waals surface area contributed by atoms with E-state index >= 15 is 0 Å². The summed E-state index contributed by atoms with van der Waals surface area (Å²) in [5.41, 5.74) is 11.5. The number of benzene rings is 3. The highest BCUT2D eigenvalue weighted by atomic mass is 35.5. The van der Waals surface area contributed by atoms with Crippen LogP contribution in [0.25, 0.3) is 10.9 Å². The number of nitrogens with one attached hydrogen (secondary N) is 4. The first-order valence-electron chi connectivity index (χ1n) is 14.9. The van der Waals surface area contributed by atoms with Crippen molar-refractivity contribution in [2.45, 2.75) is 50.7 Å². The summed E-state index contributed by atoms with van der Waals surface area (Å²) in [5.74, 6) is 0. The van der Waals surface area contributed by atoms with E-state index in [-0.39, 0.29) is 6.04 Å². The van der Waals surface area contributed by atoms with Crippen LogP contribution in [0, 0.1) is 40.9 Å². The maximum Gasteiger partial charge on any atom is 0.103 e. The number of aromatic nitrogens is 1. The van der Waals surface area contributed by atoms with Crippen LogP contribution >= 0.6 is 11.6 Å². The summed E-state index contributed by atoms with van der Waals surface area (Å²) in [6.45, 7) is 1.84. The third-order valence-electron chi connectivity index (χ3n) is 7.90. The van der Waals surface area contributed by atoms with Crippen molar-refractivity contribution in [1.82, 2.24) is 21.0 Å². The Morgan fingerprint density at radius 1 is 1.07 bits per heavy atom. The number of halogens is 1. The van der Waals surface area contributed by atoms with Crippen LogP contribution in [0.3, 0.4) is 0 Å². The Balaban J connectivity index is 1.47. The van der Waals surface area contributed by atoms with Crippen LogP contribution in [0.15, 0.2) is 78.8 Å². The Kier molecular flexibility index (Phi) is 7.85. The standard InChI is InChI=1S/C34H30ClN9/c1-21-23(17-37)9-5-10-27(21)34(31-20-44(43-42-31)26-12-13-26)40-25-15-28-32(24(18-38)19-39-33(28)29(35)16-25)41-30(11-6-14-36)22-7-3-2-4-8-22/h2-5,7-10,15-16,19-20,26,30,34,40,42-43H,6,11-13H2,1H3,(H,39,41)/t30-,34?/m1/s1/i34D. The second-order valence-corrected chi connectivity index (χ2v) is 11.2. The molecule has 4 N–H and O–H groups in total. The van der Waals surface area contributed by atoms with Gasteiger partial charge in [-0.05, 0) is 61.1 Å². The van der Waals surface area contributed by atoms with Crippen molar-refractivity contribution in [2.24, 2.45) is 0 Å². The molecule has 1 aromatic heterocycles. The highest BCUT2D eigenvalue weighted by molar-refractivity contribution is 6.35. The van der Waals surface area contributed by atoms with Crippen LogP contribution in [0.4, 0.5) is 11.4 Å². The van der Waals surface area contributed by atoms with Gasteiger partial charge in [-0.2, -0.15) is 15.8 Å². The summed E-state index contributed by atoms with van der Waals surface area (Å²) >= 11 is 6.84. The first-order chi connectivity index (χ1) is 21.9. The molecule has 0 saturated heterocycles. The van der Waals surface area contributed by atoms with Crippen LogP contribution in [-0.2, 0) is 0 Å². The van der Waals surface area contributed by atoms with Crippen molar-refractivity contribution < 1.29 is 1.37 Å². The van der Waals surface area contributed by atoms with Gasteiger partial charge in [0.1, 0.15) is 6.07 Å². The molecule has 2 heterocycles. The minimum absolute atomic E-state index is 0.252. The fourth-order valence-corrected chi connectivity index (χ4v) is 5.69. The quantitative estimate of drug-likeness (QED) is 0.153. The lowest BCUT2D eigenvalue weighted by Crippen LogP contribution is -2.38. The Morgan fingerprint density at radius 2 is 1.86 bits per heavy atom. The Morgan fingerprint density at radius 3 is 2.59 bits per heavy atom. The van der Waals surface area contributed by atoms with E-state index in [0.717, 1.165) is 18.4 Å². The minimum Gasteiger partial charge on any atom is -0.377 e. The summed E-state index contributed by atoms with van der Waals surface area (Å²) < 4.78 is 9.90. The zero-order chi connectivity index (χ0) is 31.6. The Hall–Kier alpha value is -5.27. The molecule has 4 aromatic rings. The Labute approximate surface area is 262 Å². The number of hydrogen-bond donors (Lipinski definition) is 4. The molecule has 0 spiro atoms. The topological polar surface area (TPSA) is 136 Å². The van der Waals surface area contributed by atoms with Crippen LogP contribution in [0.5, 0.6) is 0 Å². The molecule has 2 aliphatic rings. The molecule has 1 aliphatic heterocycles. The number of nitrogens with zero attached hydrogens (tertiary/aromatic N) is 5. The van der Waals surface area contributed by atoms with Gasteiger partial charge in [0, 0.05) is 35.9 Å². The molecule has 9 nitrogen and oxygen atoms in total. The van der Waals surface area contributed by atoms with Gasteiger partial charge in [-0.15, -0.1) is 5.53 Å². The van der Waals surface area contributed by atoms with Crippen LogP contribution in [-0.4, -0.2) is 16.0 Å². The van der Waals surface area contributed by atoms with Crippen molar-refractivity contribution >= 4 is 33.9 Å². The first kappa shape index (κ1) is 27.6. The Bertz CT molecular complexity index is 1920. The molecule has 6 rings (SSSR count). The van der Waals surface area contributed by atoms with Crippen molar-refractivity contribution in [3.05, 3.63) is 112 Å². The predicted octanol–water partition coefficient (Wildman–Crippen LogP) is 6.88. The number of pyridine rings is 1. The summed E-state index contributed by atoms with van der Waals surface area (Å²) in [6.07, 6.45) is 6.34. The minimum atomic E-state index is -1.56. The van der Waals surface area contributed by atoms with Crippen molar-refractivity contribution in [3.8, 4) is 18.2 Å². The normalized spacial score (nSPS) is 16.4. The van der Waals surface area contributed by atoms with E-state index in [1.54, 1.807) is 18.2 Å². The van der Waals surface area contributed by atoms with E-state index < -0.39 is 6.02 Å². The van der Waals surface area contributed by atoms with Crippen LogP contribution < -0.4 is 21.6 Å². The van der Waals surface area contributed by atoms with Gasteiger partial charge < -0.3 is 16.1 Å². The molecule has 1 unspecified atom stereocenters. The molecule has 1 fully saturated rings. The molecule has 10 heteroatoms. The second-order valence-electron chi connectivity index (χ2n) is 10.8. The lowest BCUT2D eigenvalue weighted by Gasteiger charge is -2.25. The van der Waals surface area contributed by atoms with E-state index in [1.165, 1.54) is 6.20 Å². The fraction of sp³-hybridized carbons (Fsp3) is 0.235. The maximum absolute atomic E-state index is 10.1. The zero-order valence-electron chi connectivity index (χ0n) is 25.0. The maximum atomic E-state index is 10.1. The van der Waals surface area contributed by atoms with Gasteiger partial charge in [-0.1, -0.05) is 54.1 Å². The average Bonchev–Trinajstić information content (AvgIpc) is 3.78. The smallest absolute Gasteiger partial charge is 0.103 e. The molecule has 0 radical (unpaired) electrons. The monoisotopic (exact) mass is 600 g/mol. The second kappa shape index (κ2) is 12.5. The van der Waals surface area contributed by atoms with E-state index in [4.69, 9.17) is 11.6 Å². The van der Waals surface area contributed by atoms with Gasteiger partial charge in [-0.3, -0.25) is 9.99 Å². The fourth-order valence-electron chi connectivity index (χ4n) is 5.42. The van der Waals surface area contributed by atoms with Crippen LogP contribution in [0.2, 0.25) is 5.02 Å². The molecule has 1 aliphatic carbocycles. The zero-order valence-corrected chi connectivity index (χ0v) is 24.8. The molecule has 0 amide bonds. The summed E-state index contributed by atoms with van der Waals surface area (Å²) in [5, 5.41) is 39.0. The van der Waals surface area contributed by atoms with Gasteiger partial charge in [0.05, 0.1) is 58.6 Å². The first-order valence-corrected chi connectivity index (χ1v) is 14.8. The number of hydrogen-bond acceptors (Lipinski definition) is 9. The van der Waals surface area contributed by atoms with E-state index in [2.05, 4.69) is 44.8 Å². The van der Waals surface area contributed by atoms with E-state index in [9.17, 15) is 17.2 Å². The highest BCUT2D eigenvalue weighted by Gasteiger charge is 2.33. The lowest BCUT2D eigenvalue weighted by atomic mass is 9.95. The number of fused-ring (bicyclic) bond motifs is 1. The van der Waals surface area contributed by atoms with Gasteiger partial charge in [-0.25, -0.2) is 0 Å². The molecular formula is C34H30ClN9. The molecule has 3 aromatic carbocycles. The van der Waals surface area contributed by atoms with Crippen LogP contribution in [0.1, 0.15) is 66.9 Å². The molecule has 1 saturated carbocycles. The average molecular weight is 601 g/mol. The van der Waals surface area contributed by atoms with Gasteiger partial charge in [0.15, 0.2) is 0 Å². The highest BCUT2D eigenvalue weighted by Crippen LogP contribution is 2.39. The number of anilines is 2. The van der Waals surface area contributed by atoms with Gasteiger partial charge >= 0.3 is 0 Å². The number of nitriles is 3. The van der Waals surface area contributed by atoms with Crippen molar-refractivity contribution in [1.29, 1.82) is 15.8 Å².